The number of ether oxygens (including phenoxy) is 1. The predicted molar refractivity (Wildman–Crippen MR) is 118 cm³/mol. The lowest BCUT2D eigenvalue weighted by Crippen LogP contribution is -2.09. The van der Waals surface area contributed by atoms with Crippen LogP contribution in [0.4, 0.5) is 5.13 Å². The summed E-state index contributed by atoms with van der Waals surface area (Å²) in [5.41, 5.74) is 0.774. The number of oxazole rings is 1. The topological polar surface area (TPSA) is 77.2 Å². The van der Waals surface area contributed by atoms with E-state index in [1.54, 1.807) is 37.3 Å². The number of benzene rings is 1. The highest BCUT2D eigenvalue weighted by molar-refractivity contribution is 8.00. The van der Waals surface area contributed by atoms with E-state index in [0.29, 0.717) is 22.5 Å². The number of aromatic nitrogens is 2. The minimum absolute atomic E-state index is 0.0604. The molecule has 2 heterocycles. The maximum atomic E-state index is 12.2. The molecule has 0 unspecified atom stereocenters. The van der Waals surface area contributed by atoms with Crippen molar-refractivity contribution in [3.05, 3.63) is 59.9 Å². The summed E-state index contributed by atoms with van der Waals surface area (Å²) in [6.07, 6.45) is 6.70. The van der Waals surface area contributed by atoms with Crippen LogP contribution in [0.1, 0.15) is 38.0 Å². The lowest BCUT2D eigenvalue weighted by Gasteiger charge is -2.12. The first kappa shape index (κ1) is 21.1. The molecule has 1 aromatic carbocycles. The Hall–Kier alpha value is -2.58. The first-order valence-corrected chi connectivity index (χ1v) is 10.8. The number of thiazole rings is 1. The van der Waals surface area contributed by atoms with Gasteiger partial charge in [-0.1, -0.05) is 50.3 Å². The molecule has 0 radical (unpaired) electrons. The number of hydrogen-bond acceptors (Lipinski definition) is 7. The summed E-state index contributed by atoms with van der Waals surface area (Å²) in [6, 6.07) is 7.50. The van der Waals surface area contributed by atoms with Crippen molar-refractivity contribution in [3.8, 4) is 5.75 Å². The number of thioether (sulfide) groups is 1. The third-order valence-electron chi connectivity index (χ3n) is 3.90. The second kappa shape index (κ2) is 9.28. The van der Waals surface area contributed by atoms with Crippen LogP contribution in [0.5, 0.6) is 5.75 Å². The highest BCUT2D eigenvalue weighted by atomic mass is 32.2. The number of nitrogens with zero attached hydrogens (tertiary/aromatic N) is 2. The summed E-state index contributed by atoms with van der Waals surface area (Å²) < 4.78 is 12.0. The van der Waals surface area contributed by atoms with Crippen LogP contribution in [-0.4, -0.2) is 23.0 Å². The van der Waals surface area contributed by atoms with E-state index in [0.717, 1.165) is 15.5 Å². The van der Waals surface area contributed by atoms with Gasteiger partial charge in [-0.2, -0.15) is 0 Å². The van der Waals surface area contributed by atoms with E-state index in [1.807, 2.05) is 24.3 Å². The van der Waals surface area contributed by atoms with Gasteiger partial charge < -0.3 is 9.15 Å². The number of para-hydroxylation sites is 1. The quantitative estimate of drug-likeness (QED) is 0.401. The fraction of sp³-hybridized carbons (Fsp3) is 0.286. The molecule has 152 valence electrons. The van der Waals surface area contributed by atoms with Crippen LogP contribution in [0.25, 0.3) is 6.08 Å². The van der Waals surface area contributed by atoms with Crippen molar-refractivity contribution in [3.63, 3.8) is 0 Å². The van der Waals surface area contributed by atoms with Crippen molar-refractivity contribution < 1.29 is 13.9 Å². The largest absolute Gasteiger partial charge is 0.496 e. The van der Waals surface area contributed by atoms with Crippen LogP contribution < -0.4 is 10.1 Å². The van der Waals surface area contributed by atoms with E-state index in [1.165, 1.54) is 17.4 Å². The van der Waals surface area contributed by atoms with Gasteiger partial charge in [0.25, 0.3) is 0 Å². The lowest BCUT2D eigenvalue weighted by molar-refractivity contribution is -0.111. The normalized spacial score (nSPS) is 11.7. The zero-order valence-corrected chi connectivity index (χ0v) is 18.4. The molecule has 0 aliphatic rings. The summed E-state index contributed by atoms with van der Waals surface area (Å²) in [4.78, 5) is 20.8. The van der Waals surface area contributed by atoms with Gasteiger partial charge in [0.15, 0.2) is 5.13 Å². The molecule has 0 fully saturated rings. The monoisotopic (exact) mass is 429 g/mol. The van der Waals surface area contributed by atoms with Gasteiger partial charge in [-0.25, -0.2) is 9.97 Å². The molecular weight excluding hydrogens is 406 g/mol. The van der Waals surface area contributed by atoms with E-state index in [-0.39, 0.29) is 11.3 Å². The molecule has 0 atom stereocenters. The van der Waals surface area contributed by atoms with Crippen molar-refractivity contribution in [2.75, 3.05) is 12.4 Å². The molecule has 1 amide bonds. The first-order valence-electron chi connectivity index (χ1n) is 9.01. The molecule has 0 aliphatic heterocycles. The van der Waals surface area contributed by atoms with Crippen molar-refractivity contribution in [2.45, 2.75) is 36.1 Å². The third kappa shape index (κ3) is 5.95. The Bertz CT molecular complexity index is 1000. The molecule has 0 aliphatic carbocycles. The van der Waals surface area contributed by atoms with Crippen molar-refractivity contribution in [2.24, 2.45) is 0 Å². The second-order valence-corrected chi connectivity index (χ2v) is 9.51. The average molecular weight is 430 g/mol. The number of carbonyl (C=O) groups is 1. The number of amides is 1. The van der Waals surface area contributed by atoms with E-state index < -0.39 is 0 Å². The van der Waals surface area contributed by atoms with Crippen LogP contribution in [0.3, 0.4) is 0 Å². The number of methoxy groups -OCH3 is 1. The van der Waals surface area contributed by atoms with E-state index >= 15 is 0 Å². The van der Waals surface area contributed by atoms with Crippen molar-refractivity contribution >= 4 is 40.2 Å². The summed E-state index contributed by atoms with van der Waals surface area (Å²) in [7, 11) is 1.60. The highest BCUT2D eigenvalue weighted by Gasteiger charge is 2.19. The maximum absolute atomic E-state index is 12.2. The Labute approximate surface area is 178 Å². The zero-order chi connectivity index (χ0) is 20.9. The Morgan fingerprint density at radius 3 is 2.79 bits per heavy atom. The number of carbonyl (C=O) groups excluding carboxylic acids is 1. The molecule has 1 N–H and O–H groups in total. The first-order chi connectivity index (χ1) is 13.8. The lowest BCUT2D eigenvalue weighted by atomic mass is 9.94. The molecule has 0 saturated heterocycles. The van der Waals surface area contributed by atoms with Gasteiger partial charge in [0, 0.05) is 17.1 Å². The number of rotatable bonds is 7. The van der Waals surface area contributed by atoms with Gasteiger partial charge in [-0.05, 0) is 12.1 Å². The van der Waals surface area contributed by atoms with Gasteiger partial charge in [-0.15, -0.1) is 11.8 Å². The molecule has 8 heteroatoms. The Balaban J connectivity index is 1.54. The minimum atomic E-state index is -0.246. The fourth-order valence-electron chi connectivity index (χ4n) is 2.36. The van der Waals surface area contributed by atoms with Gasteiger partial charge in [0.05, 0.1) is 29.5 Å². The Kier molecular flexibility index (Phi) is 6.76. The number of anilines is 1. The maximum Gasteiger partial charge on any atom is 0.250 e. The van der Waals surface area contributed by atoms with Gasteiger partial charge in [0.2, 0.25) is 11.8 Å². The third-order valence-corrected chi connectivity index (χ3v) is 5.99. The average Bonchev–Trinajstić information content (AvgIpc) is 3.34. The summed E-state index contributed by atoms with van der Waals surface area (Å²) in [5.74, 6) is 2.63. The summed E-state index contributed by atoms with van der Waals surface area (Å²) in [5, 5.41) is 3.33. The van der Waals surface area contributed by atoms with Crippen LogP contribution in [0.15, 0.2) is 51.4 Å². The van der Waals surface area contributed by atoms with Crippen LogP contribution in [-0.2, 0) is 16.0 Å². The summed E-state index contributed by atoms with van der Waals surface area (Å²) in [6.45, 7) is 6.26. The molecular formula is C21H23N3O3S2. The van der Waals surface area contributed by atoms with Crippen molar-refractivity contribution in [1.82, 2.24) is 9.97 Å². The predicted octanol–water partition coefficient (Wildman–Crippen LogP) is 5.38. The zero-order valence-electron chi connectivity index (χ0n) is 16.8. The van der Waals surface area contributed by atoms with Crippen LogP contribution >= 0.6 is 23.1 Å². The van der Waals surface area contributed by atoms with E-state index in [9.17, 15) is 4.79 Å². The van der Waals surface area contributed by atoms with Crippen molar-refractivity contribution in [1.29, 1.82) is 0 Å². The SMILES string of the molecule is COc1ccccc1/C=C/C(=O)Nc1ncc(SCc2ncc(C(C)(C)C)o2)s1. The number of nitrogens with one attached hydrogen (secondary N) is 1. The Morgan fingerprint density at radius 1 is 1.28 bits per heavy atom. The Morgan fingerprint density at radius 2 is 2.07 bits per heavy atom. The summed E-state index contributed by atoms with van der Waals surface area (Å²) >= 11 is 2.99. The van der Waals surface area contributed by atoms with Gasteiger partial charge in [-0.3, -0.25) is 10.1 Å². The molecule has 0 bridgehead atoms. The smallest absolute Gasteiger partial charge is 0.250 e. The highest BCUT2D eigenvalue weighted by Crippen LogP contribution is 2.31. The van der Waals surface area contributed by atoms with E-state index in [2.05, 4.69) is 36.1 Å². The van der Waals surface area contributed by atoms with Crippen LogP contribution in [0.2, 0.25) is 0 Å². The minimum Gasteiger partial charge on any atom is -0.496 e. The second-order valence-electron chi connectivity index (χ2n) is 7.21. The number of hydrogen-bond donors (Lipinski definition) is 1. The molecule has 2 aromatic heterocycles. The molecule has 0 spiro atoms. The molecule has 6 nitrogen and oxygen atoms in total. The van der Waals surface area contributed by atoms with Gasteiger partial charge >= 0.3 is 0 Å². The molecule has 29 heavy (non-hydrogen) atoms. The standard InChI is InChI=1S/C21H23N3O3S2/c1-21(2,3)16-11-22-18(27-16)13-28-19-12-23-20(29-19)24-17(25)10-9-14-7-5-6-8-15(14)26-4/h5-12H,13H2,1-4H3,(H,23,24,25)/b10-9+. The van der Waals surface area contributed by atoms with Crippen LogP contribution in [0, 0.1) is 0 Å². The fourth-order valence-corrected chi connectivity index (χ4v) is 4.09. The van der Waals surface area contributed by atoms with E-state index in [4.69, 9.17) is 9.15 Å². The molecule has 3 aromatic rings. The van der Waals surface area contributed by atoms with Gasteiger partial charge in [0.1, 0.15) is 11.5 Å². The molecule has 0 saturated carbocycles. The molecule has 3 rings (SSSR count).